The summed E-state index contributed by atoms with van der Waals surface area (Å²) >= 11 is 5.84. The van der Waals surface area contributed by atoms with Crippen LogP contribution in [0.15, 0.2) is 48.5 Å². The van der Waals surface area contributed by atoms with Gasteiger partial charge in [0.25, 0.3) is 5.91 Å². The summed E-state index contributed by atoms with van der Waals surface area (Å²) in [5.74, 6) is -1.29. The molecule has 1 atom stereocenters. The van der Waals surface area contributed by atoms with Crippen LogP contribution in [0.5, 0.6) is 5.75 Å². The van der Waals surface area contributed by atoms with Gasteiger partial charge in [-0.1, -0.05) is 30.7 Å². The summed E-state index contributed by atoms with van der Waals surface area (Å²) in [5, 5.41) is 3.43. The molecule has 1 unspecified atom stereocenters. The van der Waals surface area contributed by atoms with E-state index in [1.807, 2.05) is 19.1 Å². The number of rotatable bonds is 12. The first-order valence-electron chi connectivity index (χ1n) is 11.0. The topological polar surface area (TPSA) is 117 Å². The van der Waals surface area contributed by atoms with Crippen molar-refractivity contribution >= 4 is 41.9 Å². The highest BCUT2D eigenvalue weighted by Gasteiger charge is 2.32. The van der Waals surface area contributed by atoms with Gasteiger partial charge in [-0.15, -0.1) is 12.4 Å². The van der Waals surface area contributed by atoms with Crippen molar-refractivity contribution in [2.24, 2.45) is 11.7 Å². The summed E-state index contributed by atoms with van der Waals surface area (Å²) in [7, 11) is 0. The number of nitrogens with one attached hydrogen (secondary N) is 1. The van der Waals surface area contributed by atoms with Gasteiger partial charge in [-0.3, -0.25) is 9.59 Å². The summed E-state index contributed by atoms with van der Waals surface area (Å²) in [6.45, 7) is 5.08. The molecule has 10 heteroatoms. The first-order chi connectivity index (χ1) is 16.2. The summed E-state index contributed by atoms with van der Waals surface area (Å²) in [4.78, 5) is 36.3. The minimum absolute atomic E-state index is 0. The maximum atomic E-state index is 12.4. The van der Waals surface area contributed by atoms with Crippen LogP contribution in [0, 0.1) is 5.92 Å². The average molecular weight is 527 g/mol. The maximum Gasteiger partial charge on any atom is 0.352 e. The molecule has 1 amide bonds. The number of ether oxygens (including phenoxy) is 3. The van der Waals surface area contributed by atoms with E-state index >= 15 is 0 Å². The zero-order valence-corrected chi connectivity index (χ0v) is 21.6. The molecule has 0 radical (unpaired) electrons. The molecular formula is C25H32Cl2N2O6. The van der Waals surface area contributed by atoms with Gasteiger partial charge in [0.1, 0.15) is 5.75 Å². The van der Waals surface area contributed by atoms with E-state index in [9.17, 15) is 14.4 Å². The van der Waals surface area contributed by atoms with Gasteiger partial charge < -0.3 is 25.3 Å². The van der Waals surface area contributed by atoms with Crippen LogP contribution in [0.4, 0.5) is 0 Å². The van der Waals surface area contributed by atoms with Gasteiger partial charge in [0.2, 0.25) is 6.79 Å². The van der Waals surface area contributed by atoms with Crippen molar-refractivity contribution in [2.75, 3.05) is 19.9 Å². The molecule has 0 bridgehead atoms. The molecule has 0 aliphatic carbocycles. The fourth-order valence-electron chi connectivity index (χ4n) is 2.95. The van der Waals surface area contributed by atoms with E-state index in [-0.39, 0.29) is 24.9 Å². The molecule has 8 nitrogen and oxygen atoms in total. The number of halogens is 2. The third kappa shape index (κ3) is 9.76. The molecule has 2 aromatic rings. The average Bonchev–Trinajstić information content (AvgIpc) is 2.81. The summed E-state index contributed by atoms with van der Waals surface area (Å²) in [6.07, 6.45) is 1.17. The van der Waals surface area contributed by atoms with E-state index < -0.39 is 30.3 Å². The molecule has 35 heavy (non-hydrogen) atoms. The Morgan fingerprint density at radius 1 is 1.03 bits per heavy atom. The van der Waals surface area contributed by atoms with E-state index in [2.05, 4.69) is 5.32 Å². The first-order valence-corrected chi connectivity index (χ1v) is 11.4. The zero-order valence-electron chi connectivity index (χ0n) is 20.0. The number of nitrogens with two attached hydrogens (primary N) is 1. The van der Waals surface area contributed by atoms with Gasteiger partial charge in [0.15, 0.2) is 5.60 Å². The van der Waals surface area contributed by atoms with Crippen LogP contribution in [0.2, 0.25) is 5.02 Å². The Morgan fingerprint density at radius 2 is 1.66 bits per heavy atom. The van der Waals surface area contributed by atoms with E-state index in [4.69, 9.17) is 31.5 Å². The van der Waals surface area contributed by atoms with Gasteiger partial charge in [-0.2, -0.15) is 0 Å². The van der Waals surface area contributed by atoms with Crippen molar-refractivity contribution in [3.05, 3.63) is 64.7 Å². The van der Waals surface area contributed by atoms with Crippen molar-refractivity contribution in [1.29, 1.82) is 0 Å². The van der Waals surface area contributed by atoms with E-state index in [1.165, 1.54) is 0 Å². The lowest BCUT2D eigenvalue weighted by Crippen LogP contribution is -2.40. The standard InChI is InChI=1S/C25H31ClN2O6.ClH/c1-4-18(15-27)23(30)32-16-33-24(31)25(2,3)34-21-11-5-17(6-12-21)13-14-28-22(29)19-7-9-20(26)10-8-19;/h5-12,18H,4,13-16,27H2,1-3H3,(H,28,29);1H. The second-order valence-corrected chi connectivity index (χ2v) is 8.56. The van der Waals surface area contributed by atoms with Crippen LogP contribution in [-0.4, -0.2) is 43.3 Å². The summed E-state index contributed by atoms with van der Waals surface area (Å²) in [6, 6.07) is 13.9. The smallest absolute Gasteiger partial charge is 0.352 e. The molecule has 2 aromatic carbocycles. The van der Waals surface area contributed by atoms with Crippen LogP contribution in [-0.2, 0) is 25.5 Å². The first kappa shape index (κ1) is 30.2. The quantitative estimate of drug-likeness (QED) is 0.317. The second kappa shape index (κ2) is 14.6. The Morgan fingerprint density at radius 3 is 2.23 bits per heavy atom. The number of carbonyl (C=O) groups is 3. The van der Waals surface area contributed by atoms with Gasteiger partial charge >= 0.3 is 11.9 Å². The number of hydrogen-bond acceptors (Lipinski definition) is 7. The lowest BCUT2D eigenvalue weighted by Gasteiger charge is -2.24. The monoisotopic (exact) mass is 526 g/mol. The predicted molar refractivity (Wildman–Crippen MR) is 136 cm³/mol. The van der Waals surface area contributed by atoms with Crippen LogP contribution in [0.25, 0.3) is 0 Å². The lowest BCUT2D eigenvalue weighted by molar-refractivity contribution is -0.179. The van der Waals surface area contributed by atoms with Crippen molar-refractivity contribution in [1.82, 2.24) is 5.32 Å². The Hall–Kier alpha value is -2.81. The number of esters is 2. The molecule has 0 aromatic heterocycles. The van der Waals surface area contributed by atoms with Gasteiger partial charge in [-0.25, -0.2) is 4.79 Å². The van der Waals surface area contributed by atoms with E-state index in [0.717, 1.165) is 5.56 Å². The molecule has 0 fully saturated rings. The minimum atomic E-state index is -1.29. The molecule has 192 valence electrons. The van der Waals surface area contributed by atoms with Gasteiger partial charge in [-0.05, 0) is 68.7 Å². The highest BCUT2D eigenvalue weighted by Crippen LogP contribution is 2.20. The minimum Gasteiger partial charge on any atom is -0.476 e. The molecule has 0 spiro atoms. The third-order valence-electron chi connectivity index (χ3n) is 5.10. The largest absolute Gasteiger partial charge is 0.476 e. The fourth-order valence-corrected chi connectivity index (χ4v) is 3.07. The maximum absolute atomic E-state index is 12.4. The molecule has 0 aliphatic rings. The molecule has 2 rings (SSSR count). The molecule has 0 aliphatic heterocycles. The van der Waals surface area contributed by atoms with Crippen molar-refractivity contribution in [2.45, 2.75) is 39.2 Å². The summed E-state index contributed by atoms with van der Waals surface area (Å²) in [5.41, 5.74) is 5.74. The molecule has 0 heterocycles. The van der Waals surface area contributed by atoms with E-state index in [1.54, 1.807) is 50.2 Å². The Bertz CT molecular complexity index is 961. The van der Waals surface area contributed by atoms with Crippen LogP contribution >= 0.6 is 24.0 Å². The van der Waals surface area contributed by atoms with Crippen LogP contribution in [0.1, 0.15) is 43.1 Å². The normalized spacial score (nSPS) is 11.6. The fraction of sp³-hybridized carbons (Fsp3) is 0.400. The molecule has 0 saturated heterocycles. The van der Waals surface area contributed by atoms with Crippen molar-refractivity contribution < 1.29 is 28.6 Å². The number of amides is 1. The van der Waals surface area contributed by atoms with Gasteiger partial charge in [0.05, 0.1) is 5.92 Å². The molecular weight excluding hydrogens is 495 g/mol. The zero-order chi connectivity index (χ0) is 25.1. The number of benzene rings is 2. The van der Waals surface area contributed by atoms with Crippen molar-refractivity contribution in [3.63, 3.8) is 0 Å². The van der Waals surface area contributed by atoms with Crippen LogP contribution in [0.3, 0.4) is 0 Å². The SMILES string of the molecule is CCC(CN)C(=O)OCOC(=O)C(C)(C)Oc1ccc(CCNC(=O)c2ccc(Cl)cc2)cc1.Cl. The number of hydrogen-bond donors (Lipinski definition) is 2. The highest BCUT2D eigenvalue weighted by molar-refractivity contribution is 6.30. The molecule has 3 N–H and O–H groups in total. The van der Waals surface area contributed by atoms with E-state index in [0.29, 0.717) is 35.7 Å². The Kier molecular flexibility index (Phi) is 12.6. The second-order valence-electron chi connectivity index (χ2n) is 8.12. The van der Waals surface area contributed by atoms with Crippen molar-refractivity contribution in [3.8, 4) is 5.75 Å². The number of carbonyl (C=O) groups excluding carboxylic acids is 3. The summed E-state index contributed by atoms with van der Waals surface area (Å²) < 4.78 is 15.7. The predicted octanol–water partition coefficient (Wildman–Crippen LogP) is 3.92. The highest BCUT2D eigenvalue weighted by atomic mass is 35.5. The Labute approximate surface area is 216 Å². The lowest BCUT2D eigenvalue weighted by atomic mass is 10.1. The van der Waals surface area contributed by atoms with Gasteiger partial charge in [0, 0.05) is 23.7 Å². The Balaban J connectivity index is 0.00000612. The third-order valence-corrected chi connectivity index (χ3v) is 5.35. The molecule has 0 saturated carbocycles. The van der Waals surface area contributed by atoms with Crippen LogP contribution < -0.4 is 15.8 Å².